The van der Waals surface area contributed by atoms with Crippen LogP contribution in [0.5, 0.6) is 11.5 Å². The van der Waals surface area contributed by atoms with E-state index in [2.05, 4.69) is 34.1 Å². The van der Waals surface area contributed by atoms with Gasteiger partial charge in [0.2, 0.25) is 0 Å². The number of amides is 2. The zero-order valence-corrected chi connectivity index (χ0v) is 21.8. The van der Waals surface area contributed by atoms with Crippen LogP contribution >= 0.6 is 27.7 Å². The lowest BCUT2D eigenvalue weighted by Crippen LogP contribution is -2.27. The quantitative estimate of drug-likeness (QED) is 0.220. The molecule has 0 atom stereocenters. The molecular weight excluding hydrogens is 538 g/mol. The van der Waals surface area contributed by atoms with Crippen LogP contribution in [0.1, 0.15) is 16.7 Å². The summed E-state index contributed by atoms with van der Waals surface area (Å²) in [5.74, 6) is 0.853. The van der Waals surface area contributed by atoms with Crippen molar-refractivity contribution in [1.82, 2.24) is 4.90 Å². The van der Waals surface area contributed by atoms with Gasteiger partial charge < -0.3 is 9.47 Å². The Morgan fingerprint density at radius 1 is 0.917 bits per heavy atom. The first-order valence-electron chi connectivity index (χ1n) is 11.3. The molecule has 36 heavy (non-hydrogen) atoms. The first-order chi connectivity index (χ1) is 17.5. The van der Waals surface area contributed by atoms with E-state index in [4.69, 9.17) is 9.47 Å². The van der Waals surface area contributed by atoms with Gasteiger partial charge in [-0.05, 0) is 69.6 Å². The third-order valence-corrected chi connectivity index (χ3v) is 7.31. The number of fused-ring (bicyclic) bond motifs is 1. The van der Waals surface area contributed by atoms with Gasteiger partial charge in [-0.15, -0.1) is 0 Å². The normalized spacial score (nSPS) is 14.6. The summed E-state index contributed by atoms with van der Waals surface area (Å²) in [6, 6.07) is 27.3. The van der Waals surface area contributed by atoms with E-state index in [0.717, 1.165) is 43.7 Å². The Morgan fingerprint density at radius 2 is 1.69 bits per heavy atom. The topological polar surface area (TPSA) is 55.8 Å². The standard InChI is InChI=1S/C29H22BrNO4S/c1-34-25-14-11-20(15-26(25)35-18-22-7-4-6-21-5-2-3-8-24(21)22)16-27-28(32)31(29(33)36-27)17-19-9-12-23(30)13-10-19/h2-16H,17-18H2,1H3/b27-16-. The van der Waals surface area contributed by atoms with Crippen molar-refractivity contribution in [2.45, 2.75) is 13.2 Å². The number of methoxy groups -OCH3 is 1. The molecule has 2 amide bonds. The summed E-state index contributed by atoms with van der Waals surface area (Å²) in [4.78, 5) is 27.2. The molecule has 0 radical (unpaired) electrons. The summed E-state index contributed by atoms with van der Waals surface area (Å²) in [5.41, 5.74) is 2.70. The van der Waals surface area contributed by atoms with Gasteiger partial charge in [0.1, 0.15) is 6.61 Å². The fourth-order valence-electron chi connectivity index (χ4n) is 4.03. The number of imide groups is 1. The molecule has 0 aliphatic carbocycles. The lowest BCUT2D eigenvalue weighted by Gasteiger charge is -2.13. The van der Waals surface area contributed by atoms with Crippen molar-refractivity contribution in [2.75, 3.05) is 7.11 Å². The van der Waals surface area contributed by atoms with Crippen molar-refractivity contribution in [1.29, 1.82) is 0 Å². The van der Waals surface area contributed by atoms with E-state index in [9.17, 15) is 9.59 Å². The van der Waals surface area contributed by atoms with Gasteiger partial charge in [0.05, 0.1) is 18.6 Å². The summed E-state index contributed by atoms with van der Waals surface area (Å²) >= 11 is 4.34. The van der Waals surface area contributed by atoms with Crippen LogP contribution in [0.3, 0.4) is 0 Å². The van der Waals surface area contributed by atoms with Crippen LogP contribution in [-0.2, 0) is 17.9 Å². The Kier molecular flexibility index (Phi) is 7.11. The van der Waals surface area contributed by atoms with Crippen LogP contribution in [0.2, 0.25) is 0 Å². The summed E-state index contributed by atoms with van der Waals surface area (Å²) in [7, 11) is 1.59. The fraction of sp³-hybridized carbons (Fsp3) is 0.103. The van der Waals surface area contributed by atoms with E-state index in [0.29, 0.717) is 23.0 Å². The summed E-state index contributed by atoms with van der Waals surface area (Å²) in [6.45, 7) is 0.599. The third kappa shape index (κ3) is 5.17. The number of carbonyl (C=O) groups is 2. The highest BCUT2D eigenvalue weighted by Gasteiger charge is 2.35. The van der Waals surface area contributed by atoms with E-state index in [1.54, 1.807) is 19.3 Å². The van der Waals surface area contributed by atoms with Crippen LogP contribution in [0, 0.1) is 0 Å². The van der Waals surface area contributed by atoms with Gasteiger partial charge in [0, 0.05) is 4.47 Å². The van der Waals surface area contributed by atoms with Crippen molar-refractivity contribution in [3.63, 3.8) is 0 Å². The van der Waals surface area contributed by atoms with Crippen LogP contribution in [-0.4, -0.2) is 23.2 Å². The van der Waals surface area contributed by atoms with Gasteiger partial charge in [-0.2, -0.15) is 0 Å². The molecule has 7 heteroatoms. The Labute approximate surface area is 221 Å². The van der Waals surface area contributed by atoms with Crippen LogP contribution in [0.4, 0.5) is 4.79 Å². The average molecular weight is 560 g/mol. The highest BCUT2D eigenvalue weighted by atomic mass is 79.9. The second-order valence-corrected chi connectivity index (χ2v) is 10.1. The minimum Gasteiger partial charge on any atom is -0.493 e. The van der Waals surface area contributed by atoms with Crippen LogP contribution in [0.15, 0.2) is 94.3 Å². The molecule has 1 heterocycles. The number of hydrogen-bond acceptors (Lipinski definition) is 5. The zero-order chi connectivity index (χ0) is 25.1. The van der Waals surface area contributed by atoms with Crippen molar-refractivity contribution >= 4 is 55.7 Å². The first-order valence-corrected chi connectivity index (χ1v) is 12.9. The van der Waals surface area contributed by atoms with Crippen molar-refractivity contribution in [3.05, 3.63) is 111 Å². The lowest BCUT2D eigenvalue weighted by atomic mass is 10.1. The Morgan fingerprint density at radius 3 is 2.50 bits per heavy atom. The molecule has 180 valence electrons. The van der Waals surface area contributed by atoms with Gasteiger partial charge in [0.25, 0.3) is 11.1 Å². The number of nitrogens with zero attached hydrogens (tertiary/aromatic N) is 1. The number of carbonyl (C=O) groups excluding carboxylic acids is 2. The minimum atomic E-state index is -0.304. The molecule has 0 saturated carbocycles. The number of hydrogen-bond donors (Lipinski definition) is 0. The van der Waals surface area contributed by atoms with E-state index < -0.39 is 0 Å². The van der Waals surface area contributed by atoms with E-state index in [1.165, 1.54) is 4.90 Å². The molecule has 4 aromatic carbocycles. The second-order valence-electron chi connectivity index (χ2n) is 8.23. The van der Waals surface area contributed by atoms with E-state index in [1.807, 2.05) is 60.7 Å². The molecule has 0 N–H and O–H groups in total. The SMILES string of the molecule is COc1ccc(/C=C2\SC(=O)N(Cc3ccc(Br)cc3)C2=O)cc1OCc1cccc2ccccc12. The zero-order valence-electron chi connectivity index (χ0n) is 19.4. The number of halogens is 1. The van der Waals surface area contributed by atoms with Gasteiger partial charge >= 0.3 is 0 Å². The number of ether oxygens (including phenoxy) is 2. The maximum absolute atomic E-state index is 13.0. The Balaban J connectivity index is 1.35. The third-order valence-electron chi connectivity index (χ3n) is 5.88. The summed E-state index contributed by atoms with van der Waals surface area (Å²) in [6.07, 6.45) is 1.72. The molecule has 1 fully saturated rings. The van der Waals surface area contributed by atoms with Crippen molar-refractivity contribution in [3.8, 4) is 11.5 Å². The molecule has 0 aromatic heterocycles. The molecule has 1 aliphatic rings. The average Bonchev–Trinajstić information content (AvgIpc) is 3.16. The smallest absolute Gasteiger partial charge is 0.293 e. The first kappa shape index (κ1) is 24.2. The molecule has 0 bridgehead atoms. The largest absolute Gasteiger partial charge is 0.493 e. The minimum absolute atomic E-state index is 0.233. The van der Waals surface area contributed by atoms with Crippen molar-refractivity contribution < 1.29 is 19.1 Å². The van der Waals surface area contributed by atoms with E-state index in [-0.39, 0.29) is 17.7 Å². The summed E-state index contributed by atoms with van der Waals surface area (Å²) in [5, 5.41) is 2.00. The maximum atomic E-state index is 13.0. The molecule has 4 aromatic rings. The number of benzene rings is 4. The van der Waals surface area contributed by atoms with Gasteiger partial charge in [0.15, 0.2) is 11.5 Å². The molecule has 1 aliphatic heterocycles. The van der Waals surface area contributed by atoms with Gasteiger partial charge in [-0.25, -0.2) is 0 Å². The maximum Gasteiger partial charge on any atom is 0.293 e. The molecule has 0 spiro atoms. The van der Waals surface area contributed by atoms with Gasteiger partial charge in [-0.1, -0.05) is 76.6 Å². The predicted molar refractivity (Wildman–Crippen MR) is 147 cm³/mol. The molecule has 5 rings (SSSR count). The van der Waals surface area contributed by atoms with Crippen molar-refractivity contribution in [2.24, 2.45) is 0 Å². The molecular formula is C29H22BrNO4S. The van der Waals surface area contributed by atoms with E-state index >= 15 is 0 Å². The highest BCUT2D eigenvalue weighted by Crippen LogP contribution is 2.36. The fourth-order valence-corrected chi connectivity index (χ4v) is 5.13. The molecule has 1 saturated heterocycles. The monoisotopic (exact) mass is 559 g/mol. The Bertz CT molecular complexity index is 1480. The Hall–Kier alpha value is -3.55. The number of rotatable bonds is 7. The van der Waals surface area contributed by atoms with Crippen LogP contribution < -0.4 is 9.47 Å². The van der Waals surface area contributed by atoms with Gasteiger partial charge in [-0.3, -0.25) is 14.5 Å². The second kappa shape index (κ2) is 10.6. The molecule has 5 nitrogen and oxygen atoms in total. The highest BCUT2D eigenvalue weighted by molar-refractivity contribution is 9.10. The number of thioether (sulfide) groups is 1. The summed E-state index contributed by atoms with van der Waals surface area (Å²) < 4.78 is 12.6. The lowest BCUT2D eigenvalue weighted by molar-refractivity contribution is -0.123. The predicted octanol–water partition coefficient (Wildman–Crippen LogP) is 7.43. The van der Waals surface area contributed by atoms with Crippen LogP contribution in [0.25, 0.3) is 16.8 Å². The molecule has 0 unspecified atom stereocenters.